The maximum Gasteiger partial charge on any atom is 0.315 e. The minimum atomic E-state index is -0.706. The number of halogens is 1. The topological polar surface area (TPSA) is 89.7 Å². The molecule has 0 aliphatic heterocycles. The van der Waals surface area contributed by atoms with Gasteiger partial charge >= 0.3 is 5.69 Å². The number of rotatable bonds is 3. The van der Waals surface area contributed by atoms with E-state index in [9.17, 15) is 20.0 Å². The van der Waals surface area contributed by atoms with Crippen LogP contribution in [0.15, 0.2) is 35.9 Å². The summed E-state index contributed by atoms with van der Waals surface area (Å²) >= 11 is 6.12. The van der Waals surface area contributed by atoms with Gasteiger partial charge in [-0.2, -0.15) is 0 Å². The highest BCUT2D eigenvalue weighted by Crippen LogP contribution is 2.38. The number of nitro groups is 1. The summed E-state index contributed by atoms with van der Waals surface area (Å²) in [5.41, 5.74) is 1.66. The van der Waals surface area contributed by atoms with Crippen LogP contribution < -0.4 is 4.74 Å². The fourth-order valence-corrected chi connectivity index (χ4v) is 2.95. The lowest BCUT2D eigenvalue weighted by Gasteiger charge is -2.06. The van der Waals surface area contributed by atoms with Crippen LogP contribution in [0.1, 0.15) is 21.5 Å². The summed E-state index contributed by atoms with van der Waals surface area (Å²) in [4.78, 5) is 22.8. The van der Waals surface area contributed by atoms with Crippen LogP contribution in [0.2, 0.25) is 5.02 Å². The molecular formula is C17H12ClNO5. The number of Topliss-reactive ketones (excluding diaryl/α,β-unsaturated/α-hetero) is 1. The third kappa shape index (κ3) is 2.61. The van der Waals surface area contributed by atoms with E-state index >= 15 is 0 Å². The van der Waals surface area contributed by atoms with Crippen LogP contribution in [0.5, 0.6) is 11.5 Å². The van der Waals surface area contributed by atoms with Crippen molar-refractivity contribution in [3.63, 3.8) is 0 Å². The number of allylic oxidation sites excluding steroid dienone is 1. The number of nitro benzene ring substituents is 1. The molecule has 0 saturated carbocycles. The van der Waals surface area contributed by atoms with Crippen molar-refractivity contribution in [1.29, 1.82) is 0 Å². The lowest BCUT2D eigenvalue weighted by atomic mass is 10.1. The number of carbonyl (C=O) groups excluding carboxylic acids is 1. The van der Waals surface area contributed by atoms with Crippen molar-refractivity contribution in [2.45, 2.75) is 6.42 Å². The number of aromatic hydroxyl groups is 1. The van der Waals surface area contributed by atoms with Crippen molar-refractivity contribution in [3.05, 3.63) is 67.7 Å². The van der Waals surface area contributed by atoms with Crippen molar-refractivity contribution in [3.8, 4) is 11.5 Å². The number of hydrogen-bond donors (Lipinski definition) is 1. The van der Waals surface area contributed by atoms with Crippen LogP contribution in [-0.4, -0.2) is 22.9 Å². The number of benzene rings is 2. The second-order valence-electron chi connectivity index (χ2n) is 5.29. The minimum Gasteiger partial charge on any atom is -0.500 e. The first-order valence-corrected chi connectivity index (χ1v) is 7.38. The molecule has 24 heavy (non-hydrogen) atoms. The monoisotopic (exact) mass is 345 g/mol. The normalized spacial score (nSPS) is 14.8. The number of phenolic OH excluding ortho intramolecular Hbond substituents is 1. The molecule has 2 aromatic rings. The van der Waals surface area contributed by atoms with Crippen LogP contribution in [0, 0.1) is 10.1 Å². The van der Waals surface area contributed by atoms with Gasteiger partial charge in [0.05, 0.1) is 12.0 Å². The first-order valence-electron chi connectivity index (χ1n) is 7.00. The van der Waals surface area contributed by atoms with Crippen LogP contribution in [-0.2, 0) is 6.42 Å². The molecule has 0 atom stereocenters. The third-order valence-corrected chi connectivity index (χ3v) is 4.21. The van der Waals surface area contributed by atoms with Crippen molar-refractivity contribution in [2.24, 2.45) is 0 Å². The highest BCUT2D eigenvalue weighted by Gasteiger charge is 2.27. The number of phenols is 1. The SMILES string of the molecule is COc1cc(/C=C2/Cc3c(Cl)cccc3C2=O)cc([N+](=O)[O-])c1O. The lowest BCUT2D eigenvalue weighted by Crippen LogP contribution is -1.96. The standard InChI is InChI=1S/C17H12ClNO5/c1-24-15-7-9(6-14(17(15)21)19(22)23)5-10-8-12-11(16(10)20)3-2-4-13(12)18/h2-7,21H,8H2,1H3/b10-5-. The van der Waals surface area contributed by atoms with E-state index in [1.807, 2.05) is 0 Å². The Bertz CT molecular complexity index is 904. The molecule has 0 unspecified atom stereocenters. The van der Waals surface area contributed by atoms with Gasteiger partial charge in [-0.05, 0) is 29.3 Å². The summed E-state index contributed by atoms with van der Waals surface area (Å²) in [6, 6.07) is 7.75. The van der Waals surface area contributed by atoms with Gasteiger partial charge in [0.15, 0.2) is 11.5 Å². The summed E-state index contributed by atoms with van der Waals surface area (Å²) in [6.45, 7) is 0. The van der Waals surface area contributed by atoms with E-state index < -0.39 is 16.4 Å². The summed E-state index contributed by atoms with van der Waals surface area (Å²) < 4.78 is 4.96. The quantitative estimate of drug-likeness (QED) is 0.519. The molecule has 0 aromatic heterocycles. The molecule has 3 rings (SSSR count). The van der Waals surface area contributed by atoms with Crippen LogP contribution in [0.4, 0.5) is 5.69 Å². The molecule has 1 aliphatic rings. The Hall–Kier alpha value is -2.86. The zero-order chi connectivity index (χ0) is 17.4. The maximum atomic E-state index is 12.5. The van der Waals surface area contributed by atoms with Crippen molar-refractivity contribution in [2.75, 3.05) is 7.11 Å². The Labute approximate surface area is 142 Å². The largest absolute Gasteiger partial charge is 0.500 e. The Kier molecular flexibility index (Phi) is 3.99. The van der Waals surface area contributed by atoms with Gasteiger partial charge in [-0.1, -0.05) is 23.7 Å². The predicted octanol–water partition coefficient (Wildman–Crippen LogP) is 3.78. The number of methoxy groups -OCH3 is 1. The molecule has 1 aliphatic carbocycles. The smallest absolute Gasteiger partial charge is 0.315 e. The minimum absolute atomic E-state index is 0.0305. The van der Waals surface area contributed by atoms with Gasteiger partial charge in [0, 0.05) is 28.6 Å². The van der Waals surface area contributed by atoms with E-state index in [0.717, 1.165) is 5.56 Å². The summed E-state index contributed by atoms with van der Waals surface area (Å²) in [6.07, 6.45) is 1.90. The Balaban J connectivity index is 2.07. The zero-order valence-corrected chi connectivity index (χ0v) is 13.3. The fourth-order valence-electron chi connectivity index (χ4n) is 2.70. The Morgan fingerprint density at radius 2 is 2.12 bits per heavy atom. The van der Waals surface area contributed by atoms with Crippen molar-refractivity contribution < 1.29 is 19.6 Å². The molecule has 1 N–H and O–H groups in total. The lowest BCUT2D eigenvalue weighted by molar-refractivity contribution is -0.386. The summed E-state index contributed by atoms with van der Waals surface area (Å²) in [5.74, 6) is -0.743. The van der Waals surface area contributed by atoms with Gasteiger partial charge in [0.1, 0.15) is 0 Å². The number of fused-ring (bicyclic) bond motifs is 1. The first kappa shape index (κ1) is 16.0. The molecular weight excluding hydrogens is 334 g/mol. The summed E-state index contributed by atoms with van der Waals surface area (Å²) in [7, 11) is 1.30. The average Bonchev–Trinajstić information content (AvgIpc) is 2.86. The molecule has 0 fully saturated rings. The number of hydrogen-bond acceptors (Lipinski definition) is 5. The van der Waals surface area contributed by atoms with Crippen LogP contribution in [0.3, 0.4) is 0 Å². The molecule has 6 nitrogen and oxygen atoms in total. The van der Waals surface area contributed by atoms with Gasteiger partial charge in [-0.25, -0.2) is 0 Å². The Morgan fingerprint density at radius 3 is 2.75 bits per heavy atom. The third-order valence-electron chi connectivity index (χ3n) is 3.86. The highest BCUT2D eigenvalue weighted by molar-refractivity contribution is 6.33. The van der Waals surface area contributed by atoms with Crippen LogP contribution >= 0.6 is 11.6 Å². The van der Waals surface area contributed by atoms with E-state index in [4.69, 9.17) is 16.3 Å². The molecule has 2 aromatic carbocycles. The van der Waals surface area contributed by atoms with Gasteiger partial charge in [0.25, 0.3) is 0 Å². The van der Waals surface area contributed by atoms with Crippen molar-refractivity contribution in [1.82, 2.24) is 0 Å². The number of ether oxygens (including phenoxy) is 1. The van der Waals surface area contributed by atoms with Crippen molar-refractivity contribution >= 4 is 29.1 Å². The van der Waals surface area contributed by atoms with E-state index in [-0.39, 0.29) is 11.5 Å². The molecule has 0 saturated heterocycles. The predicted molar refractivity (Wildman–Crippen MR) is 88.8 cm³/mol. The zero-order valence-electron chi connectivity index (χ0n) is 12.6. The van der Waals surface area contributed by atoms with Gasteiger partial charge < -0.3 is 9.84 Å². The average molecular weight is 346 g/mol. The molecule has 122 valence electrons. The van der Waals surface area contributed by atoms with Gasteiger partial charge in [0.2, 0.25) is 5.75 Å². The number of carbonyl (C=O) groups is 1. The summed E-state index contributed by atoms with van der Waals surface area (Å²) in [5, 5.41) is 21.4. The fraction of sp³-hybridized carbons (Fsp3) is 0.118. The second kappa shape index (κ2) is 5.98. The van der Waals surface area contributed by atoms with E-state index in [2.05, 4.69) is 0 Å². The van der Waals surface area contributed by atoms with E-state index in [0.29, 0.717) is 28.1 Å². The number of ketones is 1. The molecule has 7 heteroatoms. The second-order valence-corrected chi connectivity index (χ2v) is 5.70. The van der Waals surface area contributed by atoms with E-state index in [1.54, 1.807) is 24.3 Å². The maximum absolute atomic E-state index is 12.5. The molecule has 0 bridgehead atoms. The number of nitrogens with zero attached hydrogens (tertiary/aromatic N) is 1. The molecule has 0 radical (unpaired) electrons. The van der Waals surface area contributed by atoms with Crippen LogP contribution in [0.25, 0.3) is 6.08 Å². The van der Waals surface area contributed by atoms with Gasteiger partial charge in [-0.3, -0.25) is 14.9 Å². The van der Waals surface area contributed by atoms with Gasteiger partial charge in [-0.15, -0.1) is 0 Å². The van der Waals surface area contributed by atoms with E-state index in [1.165, 1.54) is 19.2 Å². The first-order chi connectivity index (χ1) is 11.4. The molecule has 0 amide bonds. The molecule has 0 spiro atoms. The highest BCUT2D eigenvalue weighted by atomic mass is 35.5. The Morgan fingerprint density at radius 1 is 1.38 bits per heavy atom. The molecule has 0 heterocycles.